The maximum atomic E-state index is 9.50. The number of aliphatic carboxylic acids is 2. The van der Waals surface area contributed by atoms with Crippen LogP contribution in [0.1, 0.15) is 12.8 Å². The van der Waals surface area contributed by atoms with E-state index < -0.39 is 24.8 Å². The molecular formula is C4H4Na3O4+. The molecule has 0 atom stereocenters. The quantitative estimate of drug-likeness (QED) is 0.409. The minimum absolute atomic E-state index is 0. The molecule has 4 nitrogen and oxygen atoms in total. The van der Waals surface area contributed by atoms with Crippen LogP contribution in [0.15, 0.2) is 0 Å². The van der Waals surface area contributed by atoms with Crippen LogP contribution in [0.4, 0.5) is 0 Å². The Morgan fingerprint density at radius 1 is 0.818 bits per heavy atom. The fourth-order valence-electron chi connectivity index (χ4n) is 0.204. The third-order valence-electron chi connectivity index (χ3n) is 0.533. The Bertz CT molecular complexity index is 102. The summed E-state index contributed by atoms with van der Waals surface area (Å²) in [6.07, 6.45) is -0.940. The summed E-state index contributed by atoms with van der Waals surface area (Å²) in [4.78, 5) is 19.0. The number of carbonyl (C=O) groups is 2. The summed E-state index contributed by atoms with van der Waals surface area (Å²) in [5, 5.41) is 19.0. The molecule has 0 N–H and O–H groups in total. The van der Waals surface area contributed by atoms with Gasteiger partial charge in [-0.2, -0.15) is 0 Å². The van der Waals surface area contributed by atoms with E-state index in [1.807, 2.05) is 0 Å². The van der Waals surface area contributed by atoms with Crippen LogP contribution >= 0.6 is 0 Å². The Morgan fingerprint density at radius 2 is 1.00 bits per heavy atom. The monoisotopic (exact) mass is 185 g/mol. The molecule has 0 fully saturated rings. The molecule has 0 saturated heterocycles. The molecule has 11 heavy (non-hydrogen) atoms. The zero-order chi connectivity index (χ0) is 6.57. The first-order chi connectivity index (χ1) is 3.63. The van der Waals surface area contributed by atoms with Crippen LogP contribution in [0.3, 0.4) is 0 Å². The minimum Gasteiger partial charge on any atom is -0.550 e. The molecule has 7 heteroatoms. The van der Waals surface area contributed by atoms with Gasteiger partial charge < -0.3 is 19.8 Å². The average molecular weight is 185 g/mol. The van der Waals surface area contributed by atoms with Crippen LogP contribution in [-0.4, -0.2) is 11.9 Å². The SMILES string of the molecule is O=C([O-])CCC(=O)[O-].[Na+].[Na+].[Na+]. The maximum Gasteiger partial charge on any atom is 1.00 e. The largest absolute Gasteiger partial charge is 1.00 e. The Morgan fingerprint density at radius 3 is 1.09 bits per heavy atom. The number of carboxylic acid groups (broad SMARTS) is 2. The summed E-state index contributed by atoms with van der Waals surface area (Å²) in [6, 6.07) is 0. The van der Waals surface area contributed by atoms with Crippen molar-refractivity contribution < 1.29 is 108 Å². The topological polar surface area (TPSA) is 80.3 Å². The van der Waals surface area contributed by atoms with E-state index in [-0.39, 0.29) is 88.7 Å². The fraction of sp³-hybridized carbons (Fsp3) is 0.500. The van der Waals surface area contributed by atoms with Gasteiger partial charge in [0.1, 0.15) is 0 Å². The number of carboxylic acids is 2. The second-order valence-electron chi connectivity index (χ2n) is 1.24. The van der Waals surface area contributed by atoms with E-state index in [4.69, 9.17) is 0 Å². The first kappa shape index (κ1) is 23.1. The van der Waals surface area contributed by atoms with E-state index in [1.54, 1.807) is 0 Å². The molecule has 0 heterocycles. The van der Waals surface area contributed by atoms with E-state index in [9.17, 15) is 19.8 Å². The van der Waals surface area contributed by atoms with Gasteiger partial charge in [0.05, 0.1) is 0 Å². The minimum atomic E-state index is -1.37. The van der Waals surface area contributed by atoms with Crippen molar-refractivity contribution in [2.75, 3.05) is 0 Å². The summed E-state index contributed by atoms with van der Waals surface area (Å²) in [5.74, 6) is -2.73. The smallest absolute Gasteiger partial charge is 0.550 e. The summed E-state index contributed by atoms with van der Waals surface area (Å²) in [5.41, 5.74) is 0. The van der Waals surface area contributed by atoms with E-state index >= 15 is 0 Å². The third-order valence-corrected chi connectivity index (χ3v) is 0.533. The maximum absolute atomic E-state index is 9.50. The first-order valence-corrected chi connectivity index (χ1v) is 2.02. The summed E-state index contributed by atoms with van der Waals surface area (Å²) in [6.45, 7) is 0. The molecule has 0 aromatic heterocycles. The third kappa shape index (κ3) is 24.5. The standard InChI is InChI=1S/C4H6O4.3Na/c5-3(6)1-2-4(7)8;;;/h1-2H2,(H,5,6)(H,7,8);;;/q;3*+1/p-2. The van der Waals surface area contributed by atoms with Crippen molar-refractivity contribution in [1.82, 2.24) is 0 Å². The van der Waals surface area contributed by atoms with Gasteiger partial charge in [-0.15, -0.1) is 0 Å². The molecule has 0 aromatic rings. The van der Waals surface area contributed by atoms with Crippen molar-refractivity contribution in [3.8, 4) is 0 Å². The summed E-state index contributed by atoms with van der Waals surface area (Å²) in [7, 11) is 0. The number of hydrogen-bond donors (Lipinski definition) is 0. The van der Waals surface area contributed by atoms with Crippen LogP contribution in [0.5, 0.6) is 0 Å². The zero-order valence-corrected chi connectivity index (χ0v) is 13.0. The van der Waals surface area contributed by atoms with Gasteiger partial charge in [0.25, 0.3) is 0 Å². The van der Waals surface area contributed by atoms with E-state index in [2.05, 4.69) is 0 Å². The van der Waals surface area contributed by atoms with E-state index in [0.717, 1.165) is 0 Å². The molecule has 0 spiro atoms. The van der Waals surface area contributed by atoms with E-state index in [1.165, 1.54) is 0 Å². The van der Waals surface area contributed by atoms with Gasteiger partial charge in [0.2, 0.25) is 0 Å². The van der Waals surface area contributed by atoms with Crippen LogP contribution in [-0.2, 0) is 9.59 Å². The van der Waals surface area contributed by atoms with Crippen molar-refractivity contribution in [2.24, 2.45) is 0 Å². The zero-order valence-electron chi connectivity index (χ0n) is 7.05. The predicted molar refractivity (Wildman–Crippen MR) is 19.2 cm³/mol. The molecule has 0 aliphatic carbocycles. The Hall–Kier alpha value is 1.94. The molecule has 0 radical (unpaired) electrons. The van der Waals surface area contributed by atoms with Crippen molar-refractivity contribution >= 4 is 11.9 Å². The van der Waals surface area contributed by atoms with Gasteiger partial charge in [-0.25, -0.2) is 0 Å². The number of hydrogen-bond acceptors (Lipinski definition) is 4. The number of rotatable bonds is 3. The summed E-state index contributed by atoms with van der Waals surface area (Å²) < 4.78 is 0. The van der Waals surface area contributed by atoms with Crippen LogP contribution in [0.25, 0.3) is 0 Å². The molecule has 0 saturated carbocycles. The van der Waals surface area contributed by atoms with Crippen LogP contribution < -0.4 is 98.9 Å². The Balaban J connectivity index is -0.0000000817. The fourth-order valence-corrected chi connectivity index (χ4v) is 0.204. The Labute approximate surface area is 131 Å². The van der Waals surface area contributed by atoms with Gasteiger partial charge >= 0.3 is 88.7 Å². The van der Waals surface area contributed by atoms with Crippen molar-refractivity contribution in [3.05, 3.63) is 0 Å². The molecule has 0 unspecified atom stereocenters. The molecular weight excluding hydrogens is 181 g/mol. The molecule has 0 bridgehead atoms. The summed E-state index contributed by atoms with van der Waals surface area (Å²) >= 11 is 0. The molecule has 0 aliphatic heterocycles. The van der Waals surface area contributed by atoms with E-state index in [0.29, 0.717) is 0 Å². The molecule has 0 aromatic carbocycles. The van der Waals surface area contributed by atoms with Gasteiger partial charge in [0, 0.05) is 11.9 Å². The predicted octanol–water partition coefficient (Wildman–Crippen LogP) is -11.7. The van der Waals surface area contributed by atoms with Gasteiger partial charge in [0.15, 0.2) is 0 Å². The second-order valence-corrected chi connectivity index (χ2v) is 1.24. The Kier molecular flexibility index (Phi) is 30.3. The molecule has 0 aliphatic rings. The molecule has 46 valence electrons. The second kappa shape index (κ2) is 14.5. The van der Waals surface area contributed by atoms with Crippen LogP contribution in [0, 0.1) is 0 Å². The van der Waals surface area contributed by atoms with Gasteiger partial charge in [-0.3, -0.25) is 0 Å². The molecule has 0 rings (SSSR count). The first-order valence-electron chi connectivity index (χ1n) is 2.02. The van der Waals surface area contributed by atoms with Crippen molar-refractivity contribution in [1.29, 1.82) is 0 Å². The van der Waals surface area contributed by atoms with Crippen molar-refractivity contribution in [3.63, 3.8) is 0 Å². The van der Waals surface area contributed by atoms with Gasteiger partial charge in [-0.1, -0.05) is 0 Å². The average Bonchev–Trinajstić information content (AvgIpc) is 1.61. The van der Waals surface area contributed by atoms with Crippen molar-refractivity contribution in [2.45, 2.75) is 12.8 Å². The van der Waals surface area contributed by atoms with Crippen LogP contribution in [0.2, 0.25) is 0 Å². The normalized spacial score (nSPS) is 6.18. The molecule has 0 amide bonds. The van der Waals surface area contributed by atoms with Gasteiger partial charge in [-0.05, 0) is 12.8 Å². The number of carbonyl (C=O) groups excluding carboxylic acids is 2.